The lowest BCUT2D eigenvalue weighted by Gasteiger charge is -2.13. The van der Waals surface area contributed by atoms with Gasteiger partial charge < -0.3 is 9.84 Å². The SMILES string of the molecule is CCOC(=O)c1cc(-c2ccc(Cl)cc2)c2ccccc2c1O. The highest BCUT2D eigenvalue weighted by molar-refractivity contribution is 6.30. The molecule has 0 amide bonds. The number of fused-ring (bicyclic) bond motifs is 1. The molecule has 23 heavy (non-hydrogen) atoms. The van der Waals surface area contributed by atoms with Crippen LogP contribution in [0.15, 0.2) is 54.6 Å². The van der Waals surface area contributed by atoms with Gasteiger partial charge in [0.25, 0.3) is 0 Å². The van der Waals surface area contributed by atoms with Crippen LogP contribution in [0.2, 0.25) is 5.02 Å². The molecule has 0 aromatic heterocycles. The van der Waals surface area contributed by atoms with Gasteiger partial charge in [-0.2, -0.15) is 0 Å². The van der Waals surface area contributed by atoms with Crippen LogP contribution in [0.4, 0.5) is 0 Å². The number of phenolic OH excluding ortho intramolecular Hbond substituents is 1. The maximum Gasteiger partial charge on any atom is 0.341 e. The molecule has 0 saturated carbocycles. The highest BCUT2D eigenvalue weighted by Gasteiger charge is 2.18. The van der Waals surface area contributed by atoms with Crippen LogP contribution >= 0.6 is 11.6 Å². The molecule has 0 spiro atoms. The molecule has 0 aliphatic heterocycles. The minimum atomic E-state index is -0.536. The number of benzene rings is 3. The summed E-state index contributed by atoms with van der Waals surface area (Å²) in [5.41, 5.74) is 1.92. The van der Waals surface area contributed by atoms with Crippen LogP contribution in [0.1, 0.15) is 17.3 Å². The Labute approximate surface area is 139 Å². The van der Waals surface area contributed by atoms with E-state index < -0.39 is 5.97 Å². The van der Waals surface area contributed by atoms with E-state index in [1.807, 2.05) is 30.3 Å². The molecule has 0 saturated heterocycles. The van der Waals surface area contributed by atoms with E-state index in [0.29, 0.717) is 10.4 Å². The first kappa shape index (κ1) is 15.4. The molecule has 0 fully saturated rings. The molecule has 0 atom stereocenters. The quantitative estimate of drug-likeness (QED) is 0.686. The second-order valence-electron chi connectivity index (χ2n) is 5.09. The van der Waals surface area contributed by atoms with Crippen LogP contribution in [0, 0.1) is 0 Å². The van der Waals surface area contributed by atoms with Crippen molar-refractivity contribution in [3.63, 3.8) is 0 Å². The Balaban J connectivity index is 2.29. The van der Waals surface area contributed by atoms with Crippen molar-refractivity contribution in [2.75, 3.05) is 6.61 Å². The molecular weight excluding hydrogens is 312 g/mol. The molecule has 116 valence electrons. The molecule has 0 unspecified atom stereocenters. The fourth-order valence-corrected chi connectivity index (χ4v) is 2.72. The molecule has 3 nitrogen and oxygen atoms in total. The normalized spacial score (nSPS) is 10.7. The lowest BCUT2D eigenvalue weighted by Crippen LogP contribution is -2.05. The summed E-state index contributed by atoms with van der Waals surface area (Å²) in [5.74, 6) is -0.595. The minimum Gasteiger partial charge on any atom is -0.506 e. The van der Waals surface area contributed by atoms with Gasteiger partial charge in [-0.25, -0.2) is 4.79 Å². The largest absolute Gasteiger partial charge is 0.506 e. The number of aromatic hydroxyl groups is 1. The molecular formula is C19H15ClO3. The maximum absolute atomic E-state index is 12.1. The fraction of sp³-hybridized carbons (Fsp3) is 0.105. The van der Waals surface area contributed by atoms with E-state index in [9.17, 15) is 9.90 Å². The van der Waals surface area contributed by atoms with Crippen molar-refractivity contribution in [3.05, 3.63) is 65.2 Å². The van der Waals surface area contributed by atoms with E-state index in [-0.39, 0.29) is 17.9 Å². The van der Waals surface area contributed by atoms with Gasteiger partial charge in [-0.05, 0) is 41.6 Å². The topological polar surface area (TPSA) is 46.5 Å². The lowest BCUT2D eigenvalue weighted by atomic mass is 9.94. The maximum atomic E-state index is 12.1. The first-order chi connectivity index (χ1) is 11.1. The molecule has 3 aromatic carbocycles. The Morgan fingerprint density at radius 1 is 1.09 bits per heavy atom. The van der Waals surface area contributed by atoms with Gasteiger partial charge in [0.2, 0.25) is 0 Å². The van der Waals surface area contributed by atoms with Gasteiger partial charge in [0.1, 0.15) is 11.3 Å². The summed E-state index contributed by atoms with van der Waals surface area (Å²) in [4.78, 5) is 12.1. The fourth-order valence-electron chi connectivity index (χ4n) is 2.59. The zero-order valence-corrected chi connectivity index (χ0v) is 13.3. The van der Waals surface area contributed by atoms with Crippen molar-refractivity contribution in [1.82, 2.24) is 0 Å². The number of ether oxygens (including phenoxy) is 1. The highest BCUT2D eigenvalue weighted by atomic mass is 35.5. The third-order valence-corrected chi connectivity index (χ3v) is 3.92. The van der Waals surface area contributed by atoms with Gasteiger partial charge in [-0.15, -0.1) is 0 Å². The zero-order valence-electron chi connectivity index (χ0n) is 12.5. The molecule has 0 aliphatic carbocycles. The van der Waals surface area contributed by atoms with Crippen molar-refractivity contribution < 1.29 is 14.6 Å². The van der Waals surface area contributed by atoms with Crippen LogP contribution < -0.4 is 0 Å². The number of halogens is 1. The second kappa shape index (κ2) is 6.31. The molecule has 0 radical (unpaired) electrons. The molecule has 3 rings (SSSR count). The van der Waals surface area contributed by atoms with E-state index in [1.165, 1.54) is 0 Å². The molecule has 0 heterocycles. The van der Waals surface area contributed by atoms with Crippen LogP contribution in [0.25, 0.3) is 21.9 Å². The molecule has 3 aromatic rings. The number of esters is 1. The van der Waals surface area contributed by atoms with Crippen molar-refractivity contribution in [1.29, 1.82) is 0 Å². The molecule has 1 N–H and O–H groups in total. The average Bonchev–Trinajstić information content (AvgIpc) is 2.57. The van der Waals surface area contributed by atoms with E-state index >= 15 is 0 Å². The van der Waals surface area contributed by atoms with E-state index in [2.05, 4.69) is 0 Å². The molecule has 0 bridgehead atoms. The second-order valence-corrected chi connectivity index (χ2v) is 5.53. The van der Waals surface area contributed by atoms with Gasteiger partial charge in [0.15, 0.2) is 0 Å². The van der Waals surface area contributed by atoms with Crippen molar-refractivity contribution in [2.24, 2.45) is 0 Å². The lowest BCUT2D eigenvalue weighted by molar-refractivity contribution is 0.0523. The number of phenols is 1. The van der Waals surface area contributed by atoms with Crippen LogP contribution in [-0.2, 0) is 4.74 Å². The number of carbonyl (C=O) groups is 1. The number of hydrogen-bond acceptors (Lipinski definition) is 3. The van der Waals surface area contributed by atoms with E-state index in [4.69, 9.17) is 16.3 Å². The Bertz CT molecular complexity index is 870. The standard InChI is InChI=1S/C19H15ClO3/c1-2-23-19(22)17-11-16(12-7-9-13(20)10-8-12)14-5-3-4-6-15(14)18(17)21/h3-11,21H,2H2,1H3. The number of carbonyl (C=O) groups excluding carboxylic acids is 1. The van der Waals surface area contributed by atoms with E-state index in [0.717, 1.165) is 16.5 Å². The highest BCUT2D eigenvalue weighted by Crippen LogP contribution is 2.37. The average molecular weight is 327 g/mol. The summed E-state index contributed by atoms with van der Waals surface area (Å²) in [5, 5.41) is 12.6. The van der Waals surface area contributed by atoms with Crippen LogP contribution in [-0.4, -0.2) is 17.7 Å². The summed E-state index contributed by atoms with van der Waals surface area (Å²) in [6.45, 7) is 1.98. The van der Waals surface area contributed by atoms with Crippen LogP contribution in [0.3, 0.4) is 0 Å². The Kier molecular flexibility index (Phi) is 4.22. The predicted octanol–water partition coefficient (Wildman–Crippen LogP) is 5.04. The molecule has 4 heteroatoms. The summed E-state index contributed by atoms with van der Waals surface area (Å²) in [7, 11) is 0. The summed E-state index contributed by atoms with van der Waals surface area (Å²) in [6, 6.07) is 16.4. The van der Waals surface area contributed by atoms with Gasteiger partial charge in [0.05, 0.1) is 6.61 Å². The van der Waals surface area contributed by atoms with Crippen LogP contribution in [0.5, 0.6) is 5.75 Å². The smallest absolute Gasteiger partial charge is 0.341 e. The van der Waals surface area contributed by atoms with Gasteiger partial charge in [-0.3, -0.25) is 0 Å². The Hall–Kier alpha value is -2.52. The predicted molar refractivity (Wildman–Crippen MR) is 92.0 cm³/mol. The van der Waals surface area contributed by atoms with Gasteiger partial charge in [-0.1, -0.05) is 48.0 Å². The zero-order chi connectivity index (χ0) is 16.4. The third-order valence-electron chi connectivity index (χ3n) is 3.67. The number of rotatable bonds is 3. The first-order valence-corrected chi connectivity index (χ1v) is 7.67. The summed E-state index contributed by atoms with van der Waals surface area (Å²) in [6.07, 6.45) is 0. The van der Waals surface area contributed by atoms with E-state index in [1.54, 1.807) is 31.2 Å². The Morgan fingerprint density at radius 3 is 2.39 bits per heavy atom. The van der Waals surface area contributed by atoms with Gasteiger partial charge >= 0.3 is 5.97 Å². The summed E-state index contributed by atoms with van der Waals surface area (Å²) < 4.78 is 5.05. The first-order valence-electron chi connectivity index (χ1n) is 7.29. The Morgan fingerprint density at radius 2 is 1.74 bits per heavy atom. The third kappa shape index (κ3) is 2.88. The monoisotopic (exact) mass is 326 g/mol. The number of hydrogen-bond donors (Lipinski definition) is 1. The van der Waals surface area contributed by atoms with Crippen molar-refractivity contribution in [2.45, 2.75) is 6.92 Å². The molecule has 0 aliphatic rings. The minimum absolute atomic E-state index is 0.0586. The van der Waals surface area contributed by atoms with Crippen molar-refractivity contribution >= 4 is 28.3 Å². The van der Waals surface area contributed by atoms with Crippen molar-refractivity contribution in [3.8, 4) is 16.9 Å². The summed E-state index contributed by atoms with van der Waals surface area (Å²) >= 11 is 5.95. The van der Waals surface area contributed by atoms with Gasteiger partial charge in [0, 0.05) is 10.4 Å².